The molecule has 1 aliphatic rings. The topological polar surface area (TPSA) is 41.1 Å². The van der Waals surface area contributed by atoms with Crippen molar-refractivity contribution in [3.05, 3.63) is 0 Å². The molecule has 0 spiro atoms. The average Bonchev–Trinajstić information content (AvgIpc) is 1.80. The quantitative estimate of drug-likeness (QED) is 0.461. The lowest BCUT2D eigenvalue weighted by molar-refractivity contribution is -0.124. The summed E-state index contributed by atoms with van der Waals surface area (Å²) in [5, 5.41) is 5.90. The number of amides is 1. The van der Waals surface area contributed by atoms with Crippen LogP contribution in [0.5, 0.6) is 0 Å². The zero-order chi connectivity index (χ0) is 6.85. The third-order valence-electron chi connectivity index (χ3n) is 1.51. The normalized spacial score (nSPS) is 36.0. The molecule has 1 amide bonds. The Labute approximate surface area is 54.8 Å². The summed E-state index contributed by atoms with van der Waals surface area (Å²) in [4.78, 5) is 10.8. The van der Waals surface area contributed by atoms with Gasteiger partial charge in [-0.15, -0.1) is 0 Å². The molecule has 3 nitrogen and oxygen atoms in total. The van der Waals surface area contributed by atoms with E-state index in [9.17, 15) is 4.79 Å². The fourth-order valence-electron chi connectivity index (χ4n) is 0.968. The van der Waals surface area contributed by atoms with Gasteiger partial charge in [-0.3, -0.25) is 4.79 Å². The van der Waals surface area contributed by atoms with Crippen molar-refractivity contribution in [3.8, 4) is 0 Å². The molecule has 0 radical (unpaired) electrons. The third-order valence-corrected chi connectivity index (χ3v) is 1.51. The van der Waals surface area contributed by atoms with Gasteiger partial charge in [-0.1, -0.05) is 0 Å². The van der Waals surface area contributed by atoms with Crippen LogP contribution in [0.2, 0.25) is 0 Å². The highest BCUT2D eigenvalue weighted by atomic mass is 16.2. The Morgan fingerprint density at radius 3 is 2.67 bits per heavy atom. The highest BCUT2D eigenvalue weighted by molar-refractivity contribution is 5.82. The Morgan fingerprint density at radius 1 is 1.56 bits per heavy atom. The van der Waals surface area contributed by atoms with Crippen LogP contribution in [0, 0.1) is 0 Å². The van der Waals surface area contributed by atoms with Crippen molar-refractivity contribution in [1.82, 2.24) is 10.6 Å². The zero-order valence-electron chi connectivity index (χ0n) is 5.77. The number of carbonyl (C=O) groups excluding carboxylic acids is 1. The lowest BCUT2D eigenvalue weighted by atomic mass is 10.2. The fraction of sp³-hybridized carbons (Fsp3) is 0.833. The summed E-state index contributed by atoms with van der Waals surface area (Å²) in [5.74, 6) is 0.105. The van der Waals surface area contributed by atoms with Crippen molar-refractivity contribution >= 4 is 5.91 Å². The standard InChI is InChI=1S/C6H12N2O/c1-4-3-7-6(9)5(2)8-4/h4-5,8H,3H2,1-2H3,(H,7,9). The van der Waals surface area contributed by atoms with E-state index < -0.39 is 0 Å². The lowest BCUT2D eigenvalue weighted by Gasteiger charge is -2.25. The van der Waals surface area contributed by atoms with E-state index >= 15 is 0 Å². The first-order chi connectivity index (χ1) is 4.20. The van der Waals surface area contributed by atoms with E-state index in [0.717, 1.165) is 6.54 Å². The Bertz CT molecular complexity index is 124. The first-order valence-electron chi connectivity index (χ1n) is 3.24. The van der Waals surface area contributed by atoms with Crippen LogP contribution in [0.25, 0.3) is 0 Å². The van der Waals surface area contributed by atoms with E-state index in [4.69, 9.17) is 0 Å². The molecule has 1 aliphatic heterocycles. The van der Waals surface area contributed by atoms with E-state index in [1.54, 1.807) is 0 Å². The molecule has 0 aliphatic carbocycles. The maximum Gasteiger partial charge on any atom is 0.236 e. The summed E-state index contributed by atoms with van der Waals surface area (Å²) in [5.41, 5.74) is 0. The van der Waals surface area contributed by atoms with E-state index in [2.05, 4.69) is 17.6 Å². The van der Waals surface area contributed by atoms with Crippen molar-refractivity contribution in [3.63, 3.8) is 0 Å². The molecule has 52 valence electrons. The van der Waals surface area contributed by atoms with Crippen molar-refractivity contribution in [2.24, 2.45) is 0 Å². The molecule has 9 heavy (non-hydrogen) atoms. The lowest BCUT2D eigenvalue weighted by Crippen LogP contribution is -2.55. The highest BCUT2D eigenvalue weighted by Crippen LogP contribution is 1.92. The number of carbonyl (C=O) groups is 1. The van der Waals surface area contributed by atoms with Crippen LogP contribution in [-0.4, -0.2) is 24.5 Å². The van der Waals surface area contributed by atoms with Gasteiger partial charge in [0.05, 0.1) is 6.04 Å². The van der Waals surface area contributed by atoms with Crippen LogP contribution in [0.15, 0.2) is 0 Å². The molecular formula is C6H12N2O. The van der Waals surface area contributed by atoms with Crippen molar-refractivity contribution in [2.75, 3.05) is 6.54 Å². The summed E-state index contributed by atoms with van der Waals surface area (Å²) >= 11 is 0. The molecule has 0 saturated carbocycles. The number of piperazine rings is 1. The first kappa shape index (κ1) is 6.55. The largest absolute Gasteiger partial charge is 0.353 e. The van der Waals surface area contributed by atoms with Gasteiger partial charge < -0.3 is 10.6 Å². The van der Waals surface area contributed by atoms with Gasteiger partial charge in [0.15, 0.2) is 0 Å². The molecule has 0 aromatic carbocycles. The van der Waals surface area contributed by atoms with Crippen LogP contribution in [0.4, 0.5) is 0 Å². The molecule has 2 N–H and O–H groups in total. The van der Waals surface area contributed by atoms with Gasteiger partial charge in [-0.05, 0) is 13.8 Å². The monoisotopic (exact) mass is 128 g/mol. The van der Waals surface area contributed by atoms with Gasteiger partial charge in [-0.2, -0.15) is 0 Å². The fourth-order valence-corrected chi connectivity index (χ4v) is 0.968. The molecule has 0 aromatic heterocycles. The summed E-state index contributed by atoms with van der Waals surface area (Å²) < 4.78 is 0. The minimum Gasteiger partial charge on any atom is -0.353 e. The second-order valence-electron chi connectivity index (χ2n) is 2.53. The van der Waals surface area contributed by atoms with Crippen molar-refractivity contribution < 1.29 is 4.79 Å². The predicted octanol–water partition coefficient (Wildman–Crippen LogP) is -0.517. The molecule has 3 heteroatoms. The number of hydrogen-bond donors (Lipinski definition) is 2. The molecule has 2 unspecified atom stereocenters. The van der Waals surface area contributed by atoms with E-state index in [1.807, 2.05) is 6.92 Å². The van der Waals surface area contributed by atoms with E-state index in [-0.39, 0.29) is 11.9 Å². The summed E-state index contributed by atoms with van der Waals surface area (Å²) in [6.45, 7) is 4.67. The van der Waals surface area contributed by atoms with Crippen molar-refractivity contribution in [2.45, 2.75) is 25.9 Å². The van der Waals surface area contributed by atoms with Crippen LogP contribution in [0.1, 0.15) is 13.8 Å². The third kappa shape index (κ3) is 1.42. The second-order valence-corrected chi connectivity index (χ2v) is 2.53. The van der Waals surface area contributed by atoms with Crippen LogP contribution < -0.4 is 10.6 Å². The Hall–Kier alpha value is -0.570. The average molecular weight is 128 g/mol. The Morgan fingerprint density at radius 2 is 2.22 bits per heavy atom. The molecule has 2 atom stereocenters. The predicted molar refractivity (Wildman–Crippen MR) is 35.1 cm³/mol. The smallest absolute Gasteiger partial charge is 0.236 e. The molecule has 1 rings (SSSR count). The van der Waals surface area contributed by atoms with Gasteiger partial charge in [0.25, 0.3) is 0 Å². The summed E-state index contributed by atoms with van der Waals surface area (Å²) in [6, 6.07) is 0.395. The first-order valence-corrected chi connectivity index (χ1v) is 3.24. The Kier molecular flexibility index (Phi) is 1.71. The molecule has 1 heterocycles. The summed E-state index contributed by atoms with van der Waals surface area (Å²) in [7, 11) is 0. The molecule has 1 fully saturated rings. The number of hydrogen-bond acceptors (Lipinski definition) is 2. The Balaban J connectivity index is 2.44. The van der Waals surface area contributed by atoms with Gasteiger partial charge in [0.1, 0.15) is 0 Å². The molecular weight excluding hydrogens is 116 g/mol. The number of nitrogens with one attached hydrogen (secondary N) is 2. The van der Waals surface area contributed by atoms with Crippen LogP contribution >= 0.6 is 0 Å². The maximum absolute atomic E-state index is 10.8. The zero-order valence-corrected chi connectivity index (χ0v) is 5.77. The maximum atomic E-state index is 10.8. The van der Waals surface area contributed by atoms with Crippen molar-refractivity contribution in [1.29, 1.82) is 0 Å². The minimum absolute atomic E-state index is 0.0197. The molecule has 1 saturated heterocycles. The van der Waals surface area contributed by atoms with Crippen LogP contribution in [0.3, 0.4) is 0 Å². The van der Waals surface area contributed by atoms with Gasteiger partial charge in [-0.25, -0.2) is 0 Å². The SMILES string of the molecule is CC1CNC(=O)C(C)N1. The number of rotatable bonds is 0. The van der Waals surface area contributed by atoms with Gasteiger partial charge >= 0.3 is 0 Å². The molecule has 0 aromatic rings. The highest BCUT2D eigenvalue weighted by Gasteiger charge is 2.19. The second kappa shape index (κ2) is 2.35. The van der Waals surface area contributed by atoms with Crippen LogP contribution in [-0.2, 0) is 4.79 Å². The summed E-state index contributed by atoms with van der Waals surface area (Å²) in [6.07, 6.45) is 0. The molecule has 0 bridgehead atoms. The minimum atomic E-state index is -0.0197. The van der Waals surface area contributed by atoms with Gasteiger partial charge in [0.2, 0.25) is 5.91 Å². The van der Waals surface area contributed by atoms with Gasteiger partial charge in [0, 0.05) is 12.6 Å². The van der Waals surface area contributed by atoms with E-state index in [0.29, 0.717) is 6.04 Å². The van der Waals surface area contributed by atoms with E-state index in [1.165, 1.54) is 0 Å².